The Kier molecular flexibility index (Phi) is 5.00. The standard InChI is InChI=1S/C29H29NO2/c1-18(2)16-29(17-19(3)28(31)32-4)23-14-13-20-9-5-7-11-22(20)26(23)27-24(29)15-21-10-6-8-12-25(21)30-27/h5-15,18-19H,16-17H2,1-4H3/t19-,29?/m0/s1. The zero-order chi connectivity index (χ0) is 22.5. The molecule has 0 saturated heterocycles. The fraction of sp³-hybridized carbons (Fsp3) is 0.310. The number of carbonyl (C=O) groups excluding carboxylic acids is 1. The van der Waals surface area contributed by atoms with Gasteiger partial charge in [-0.3, -0.25) is 4.79 Å². The van der Waals surface area contributed by atoms with Crippen molar-refractivity contribution in [1.29, 1.82) is 0 Å². The second-order valence-corrected chi connectivity index (χ2v) is 9.59. The topological polar surface area (TPSA) is 39.2 Å². The van der Waals surface area contributed by atoms with Crippen LogP contribution >= 0.6 is 0 Å². The molecule has 32 heavy (non-hydrogen) atoms. The predicted molar refractivity (Wildman–Crippen MR) is 131 cm³/mol. The maximum Gasteiger partial charge on any atom is 0.308 e. The molecule has 0 amide bonds. The molecular weight excluding hydrogens is 394 g/mol. The number of carbonyl (C=O) groups is 1. The quantitative estimate of drug-likeness (QED) is 0.328. The number of methoxy groups -OCH3 is 1. The summed E-state index contributed by atoms with van der Waals surface area (Å²) in [5, 5.41) is 3.58. The fourth-order valence-corrected chi connectivity index (χ4v) is 5.77. The number of aromatic nitrogens is 1. The molecule has 1 unspecified atom stereocenters. The highest BCUT2D eigenvalue weighted by molar-refractivity contribution is 6.03. The Labute approximate surface area is 189 Å². The molecule has 0 fully saturated rings. The van der Waals surface area contributed by atoms with Crippen molar-refractivity contribution >= 4 is 27.6 Å². The van der Waals surface area contributed by atoms with Gasteiger partial charge in [-0.2, -0.15) is 0 Å². The molecular formula is C29H29NO2. The van der Waals surface area contributed by atoms with Crippen molar-refractivity contribution in [1.82, 2.24) is 4.98 Å². The summed E-state index contributed by atoms with van der Waals surface area (Å²) in [5.41, 5.74) is 5.54. The van der Waals surface area contributed by atoms with E-state index in [1.165, 1.54) is 34.6 Å². The monoisotopic (exact) mass is 423 g/mol. The lowest BCUT2D eigenvalue weighted by molar-refractivity contribution is -0.145. The fourth-order valence-electron chi connectivity index (χ4n) is 5.77. The van der Waals surface area contributed by atoms with Gasteiger partial charge in [0.05, 0.1) is 24.2 Å². The smallest absolute Gasteiger partial charge is 0.308 e. The molecule has 3 heteroatoms. The Morgan fingerprint density at radius 1 is 0.906 bits per heavy atom. The van der Waals surface area contributed by atoms with E-state index in [0.717, 1.165) is 23.0 Å². The third kappa shape index (κ3) is 3.10. The van der Waals surface area contributed by atoms with Gasteiger partial charge in [-0.1, -0.05) is 75.4 Å². The van der Waals surface area contributed by atoms with E-state index in [1.807, 2.05) is 13.0 Å². The van der Waals surface area contributed by atoms with Gasteiger partial charge in [0.1, 0.15) is 0 Å². The number of ether oxygens (including phenoxy) is 1. The Bertz CT molecular complexity index is 1340. The minimum atomic E-state index is -0.284. The third-order valence-corrected chi connectivity index (χ3v) is 6.94. The van der Waals surface area contributed by atoms with E-state index in [2.05, 4.69) is 74.5 Å². The first-order valence-corrected chi connectivity index (χ1v) is 11.5. The van der Waals surface area contributed by atoms with Crippen molar-refractivity contribution in [2.24, 2.45) is 11.8 Å². The van der Waals surface area contributed by atoms with Crippen molar-refractivity contribution in [3.63, 3.8) is 0 Å². The van der Waals surface area contributed by atoms with Gasteiger partial charge in [0.25, 0.3) is 0 Å². The number of benzene rings is 3. The second kappa shape index (κ2) is 7.74. The molecule has 4 aromatic rings. The molecule has 5 rings (SSSR count). The first kappa shape index (κ1) is 20.7. The van der Waals surface area contributed by atoms with Crippen LogP contribution in [0.1, 0.15) is 44.7 Å². The van der Waals surface area contributed by atoms with Gasteiger partial charge >= 0.3 is 5.97 Å². The number of fused-ring (bicyclic) bond motifs is 6. The minimum absolute atomic E-state index is 0.155. The summed E-state index contributed by atoms with van der Waals surface area (Å²) in [4.78, 5) is 17.7. The predicted octanol–water partition coefficient (Wildman–Crippen LogP) is 6.90. The Hall–Kier alpha value is -3.20. The van der Waals surface area contributed by atoms with Crippen LogP contribution < -0.4 is 0 Å². The average Bonchev–Trinajstić information content (AvgIpc) is 3.05. The van der Waals surface area contributed by atoms with Gasteiger partial charge in [0.2, 0.25) is 0 Å². The molecule has 1 aromatic heterocycles. The molecule has 1 heterocycles. The van der Waals surface area contributed by atoms with Crippen LogP contribution in [0.5, 0.6) is 0 Å². The largest absolute Gasteiger partial charge is 0.469 e. The molecule has 162 valence electrons. The highest BCUT2D eigenvalue weighted by Gasteiger charge is 2.46. The molecule has 0 bridgehead atoms. The molecule has 1 aliphatic carbocycles. The van der Waals surface area contributed by atoms with Crippen LogP contribution in [0.4, 0.5) is 0 Å². The van der Waals surface area contributed by atoms with Gasteiger partial charge in [-0.25, -0.2) is 4.98 Å². The lowest BCUT2D eigenvalue weighted by Crippen LogP contribution is -2.32. The van der Waals surface area contributed by atoms with E-state index in [9.17, 15) is 4.79 Å². The van der Waals surface area contributed by atoms with Crippen molar-refractivity contribution in [2.75, 3.05) is 7.11 Å². The van der Waals surface area contributed by atoms with Crippen LogP contribution in [0.25, 0.3) is 32.9 Å². The number of nitrogens with zero attached hydrogens (tertiary/aromatic N) is 1. The van der Waals surface area contributed by atoms with E-state index < -0.39 is 0 Å². The summed E-state index contributed by atoms with van der Waals surface area (Å²) in [6.45, 7) is 6.51. The molecule has 2 atom stereocenters. The molecule has 0 N–H and O–H groups in total. The summed E-state index contributed by atoms with van der Waals surface area (Å²) in [7, 11) is 1.48. The average molecular weight is 424 g/mol. The summed E-state index contributed by atoms with van der Waals surface area (Å²) in [6, 6.07) is 23.7. The van der Waals surface area contributed by atoms with E-state index >= 15 is 0 Å². The van der Waals surface area contributed by atoms with Crippen LogP contribution in [0.2, 0.25) is 0 Å². The highest BCUT2D eigenvalue weighted by atomic mass is 16.5. The third-order valence-electron chi connectivity index (χ3n) is 6.94. The zero-order valence-electron chi connectivity index (χ0n) is 19.2. The zero-order valence-corrected chi connectivity index (χ0v) is 19.2. The Morgan fingerprint density at radius 3 is 2.38 bits per heavy atom. The van der Waals surface area contributed by atoms with Crippen LogP contribution in [0, 0.1) is 11.8 Å². The number of pyridine rings is 1. The van der Waals surface area contributed by atoms with Crippen LogP contribution in [0.3, 0.4) is 0 Å². The molecule has 3 nitrogen and oxygen atoms in total. The van der Waals surface area contributed by atoms with E-state index in [0.29, 0.717) is 12.3 Å². The Morgan fingerprint density at radius 2 is 1.62 bits per heavy atom. The van der Waals surface area contributed by atoms with Gasteiger partial charge in [0, 0.05) is 16.4 Å². The molecule has 0 radical (unpaired) electrons. The number of hydrogen-bond acceptors (Lipinski definition) is 3. The molecule has 1 aliphatic rings. The molecule has 0 saturated carbocycles. The van der Waals surface area contributed by atoms with Crippen LogP contribution in [0.15, 0.2) is 66.7 Å². The normalized spacial score (nSPS) is 18.0. The van der Waals surface area contributed by atoms with Gasteiger partial charge in [0.15, 0.2) is 0 Å². The van der Waals surface area contributed by atoms with Crippen molar-refractivity contribution in [3.05, 3.63) is 77.9 Å². The number of hydrogen-bond donors (Lipinski definition) is 0. The van der Waals surface area contributed by atoms with Gasteiger partial charge in [-0.15, -0.1) is 0 Å². The van der Waals surface area contributed by atoms with Crippen LogP contribution in [-0.4, -0.2) is 18.1 Å². The summed E-state index contributed by atoms with van der Waals surface area (Å²) >= 11 is 0. The second-order valence-electron chi connectivity index (χ2n) is 9.59. The summed E-state index contributed by atoms with van der Waals surface area (Å²) in [6.07, 6.45) is 1.66. The number of para-hydroxylation sites is 1. The number of rotatable bonds is 5. The number of esters is 1. The van der Waals surface area contributed by atoms with E-state index in [4.69, 9.17) is 9.72 Å². The van der Waals surface area contributed by atoms with E-state index in [1.54, 1.807) is 0 Å². The first-order chi connectivity index (χ1) is 15.4. The summed E-state index contributed by atoms with van der Waals surface area (Å²) in [5.74, 6) is 0.0877. The Balaban J connectivity index is 1.87. The molecule has 0 aliphatic heterocycles. The lowest BCUT2D eigenvalue weighted by Gasteiger charge is -2.35. The highest BCUT2D eigenvalue weighted by Crippen LogP contribution is 2.56. The summed E-state index contributed by atoms with van der Waals surface area (Å²) < 4.78 is 5.13. The maximum atomic E-state index is 12.5. The maximum absolute atomic E-state index is 12.5. The van der Waals surface area contributed by atoms with E-state index in [-0.39, 0.29) is 17.3 Å². The van der Waals surface area contributed by atoms with Crippen molar-refractivity contribution < 1.29 is 9.53 Å². The molecule has 3 aromatic carbocycles. The van der Waals surface area contributed by atoms with Crippen LogP contribution in [-0.2, 0) is 14.9 Å². The van der Waals surface area contributed by atoms with Gasteiger partial charge in [-0.05, 0) is 52.8 Å². The van der Waals surface area contributed by atoms with Crippen molar-refractivity contribution in [3.8, 4) is 11.3 Å². The lowest BCUT2D eigenvalue weighted by atomic mass is 9.67. The minimum Gasteiger partial charge on any atom is -0.469 e. The molecule has 0 spiro atoms. The SMILES string of the molecule is COC(=O)[C@@H](C)CC1(CC(C)C)c2cc3ccccc3nc2-c2c1ccc1ccccc21. The van der Waals surface area contributed by atoms with Crippen molar-refractivity contribution in [2.45, 2.75) is 39.0 Å². The first-order valence-electron chi connectivity index (χ1n) is 11.5. The van der Waals surface area contributed by atoms with Gasteiger partial charge < -0.3 is 4.74 Å².